The molecule has 154 valence electrons. The number of carbonyl (C=O) groups is 1. The molecule has 0 aliphatic carbocycles. The van der Waals surface area contributed by atoms with Gasteiger partial charge in [0.1, 0.15) is 0 Å². The van der Waals surface area contributed by atoms with Crippen molar-refractivity contribution in [2.24, 2.45) is 0 Å². The van der Waals surface area contributed by atoms with E-state index in [1.165, 1.54) is 11.8 Å². The van der Waals surface area contributed by atoms with Crippen LogP contribution < -0.4 is 4.90 Å². The van der Waals surface area contributed by atoms with E-state index < -0.39 is 5.97 Å². The molecule has 1 atom stereocenters. The van der Waals surface area contributed by atoms with Gasteiger partial charge in [0.25, 0.3) is 0 Å². The number of rotatable bonds is 6. The van der Waals surface area contributed by atoms with Crippen molar-refractivity contribution in [3.05, 3.63) is 86.6 Å². The van der Waals surface area contributed by atoms with Crippen LogP contribution in [0.2, 0.25) is 5.02 Å². The van der Waals surface area contributed by atoms with E-state index in [9.17, 15) is 9.90 Å². The van der Waals surface area contributed by atoms with Gasteiger partial charge in [0.05, 0.1) is 17.3 Å². The van der Waals surface area contributed by atoms with E-state index in [1.807, 2.05) is 48.5 Å². The molecule has 3 aromatic rings. The van der Waals surface area contributed by atoms with Crippen LogP contribution in [0, 0.1) is 0 Å². The third-order valence-corrected chi connectivity index (χ3v) is 6.13. The predicted octanol–water partition coefficient (Wildman–Crippen LogP) is 5.72. The predicted molar refractivity (Wildman–Crippen MR) is 121 cm³/mol. The molecule has 1 N–H and O–H groups in total. The van der Waals surface area contributed by atoms with E-state index in [1.54, 1.807) is 0 Å². The Balaban J connectivity index is 1.61. The fourth-order valence-corrected chi connectivity index (χ4v) is 4.48. The average Bonchev–Trinajstić information content (AvgIpc) is 3.22. The van der Waals surface area contributed by atoms with Crippen LogP contribution in [0.1, 0.15) is 46.1 Å². The minimum absolute atomic E-state index is 0.163. The van der Waals surface area contributed by atoms with E-state index in [0.29, 0.717) is 29.5 Å². The van der Waals surface area contributed by atoms with Gasteiger partial charge in [-0.2, -0.15) is 0 Å². The van der Waals surface area contributed by atoms with Crippen molar-refractivity contribution < 1.29 is 9.90 Å². The Morgan fingerprint density at radius 1 is 1.20 bits per heavy atom. The molecule has 30 heavy (non-hydrogen) atoms. The SMILES string of the molecule is O=C(O)c1cnc(N2CCC[C@H]2c2ccc(Cl)cc2)nc1CCc1cccc(Br)c1. The summed E-state index contributed by atoms with van der Waals surface area (Å²) in [5.41, 5.74) is 3.02. The fourth-order valence-electron chi connectivity index (χ4n) is 3.91. The molecule has 0 amide bonds. The first kappa shape index (κ1) is 20.8. The monoisotopic (exact) mass is 485 g/mol. The minimum Gasteiger partial charge on any atom is -0.478 e. The van der Waals surface area contributed by atoms with Crippen molar-refractivity contribution in [3.63, 3.8) is 0 Å². The minimum atomic E-state index is -0.999. The first-order valence-electron chi connectivity index (χ1n) is 9.87. The zero-order chi connectivity index (χ0) is 21.1. The Bertz CT molecular complexity index is 1060. The standard InChI is InChI=1S/C23H21BrClN3O2/c24-17-4-1-3-15(13-17)6-11-20-19(22(29)30)14-26-23(27-20)28-12-2-5-21(28)16-7-9-18(25)10-8-16/h1,3-4,7-10,13-14,21H,2,5-6,11-12H2,(H,29,30)/t21-/m0/s1. The highest BCUT2D eigenvalue weighted by Crippen LogP contribution is 2.35. The van der Waals surface area contributed by atoms with Gasteiger partial charge >= 0.3 is 5.97 Å². The summed E-state index contributed by atoms with van der Waals surface area (Å²) in [6.07, 6.45) is 4.71. The lowest BCUT2D eigenvalue weighted by Gasteiger charge is -2.25. The van der Waals surface area contributed by atoms with Crippen molar-refractivity contribution in [2.75, 3.05) is 11.4 Å². The molecule has 4 rings (SSSR count). The lowest BCUT2D eigenvalue weighted by Crippen LogP contribution is -2.25. The molecule has 7 heteroatoms. The van der Waals surface area contributed by atoms with Crippen LogP contribution in [0.25, 0.3) is 0 Å². The summed E-state index contributed by atoms with van der Waals surface area (Å²) in [7, 11) is 0. The second-order valence-electron chi connectivity index (χ2n) is 7.37. The van der Waals surface area contributed by atoms with Crippen LogP contribution in [-0.4, -0.2) is 27.6 Å². The molecular formula is C23H21BrClN3O2. The van der Waals surface area contributed by atoms with Gasteiger partial charge in [-0.05, 0) is 61.1 Å². The Morgan fingerprint density at radius 2 is 2.00 bits per heavy atom. The van der Waals surface area contributed by atoms with E-state index in [2.05, 4.69) is 25.8 Å². The molecule has 1 fully saturated rings. The molecule has 0 spiro atoms. The first-order valence-corrected chi connectivity index (χ1v) is 11.0. The number of aromatic carboxylic acids is 1. The molecular weight excluding hydrogens is 466 g/mol. The zero-order valence-corrected chi connectivity index (χ0v) is 18.6. The highest BCUT2D eigenvalue weighted by atomic mass is 79.9. The lowest BCUT2D eigenvalue weighted by molar-refractivity contribution is 0.0694. The van der Waals surface area contributed by atoms with E-state index >= 15 is 0 Å². The highest BCUT2D eigenvalue weighted by molar-refractivity contribution is 9.10. The van der Waals surface area contributed by atoms with Gasteiger partial charge in [0.15, 0.2) is 0 Å². The Morgan fingerprint density at radius 3 is 2.73 bits per heavy atom. The maximum atomic E-state index is 11.7. The van der Waals surface area contributed by atoms with Gasteiger partial charge in [-0.3, -0.25) is 0 Å². The van der Waals surface area contributed by atoms with Gasteiger partial charge < -0.3 is 10.0 Å². The second-order valence-corrected chi connectivity index (χ2v) is 8.72. The molecule has 1 aliphatic rings. The normalized spacial score (nSPS) is 16.1. The number of hydrogen-bond acceptors (Lipinski definition) is 4. The van der Waals surface area contributed by atoms with Crippen LogP contribution >= 0.6 is 27.5 Å². The molecule has 2 aromatic carbocycles. The van der Waals surface area contributed by atoms with Crippen LogP contribution in [-0.2, 0) is 12.8 Å². The van der Waals surface area contributed by atoms with Crippen LogP contribution in [0.5, 0.6) is 0 Å². The molecule has 2 heterocycles. The van der Waals surface area contributed by atoms with Crippen LogP contribution in [0.4, 0.5) is 5.95 Å². The van der Waals surface area contributed by atoms with Crippen molar-refractivity contribution in [2.45, 2.75) is 31.7 Å². The number of aromatic nitrogens is 2. The summed E-state index contributed by atoms with van der Waals surface area (Å²) >= 11 is 9.52. The van der Waals surface area contributed by atoms with Gasteiger partial charge in [-0.1, -0.05) is 51.8 Å². The van der Waals surface area contributed by atoms with Crippen molar-refractivity contribution in [1.29, 1.82) is 0 Å². The summed E-state index contributed by atoms with van der Waals surface area (Å²) in [5, 5.41) is 10.3. The summed E-state index contributed by atoms with van der Waals surface area (Å²) in [4.78, 5) is 23.0. The average molecular weight is 487 g/mol. The number of benzene rings is 2. The molecule has 5 nitrogen and oxygen atoms in total. The topological polar surface area (TPSA) is 66.3 Å². The third kappa shape index (κ3) is 4.65. The smallest absolute Gasteiger partial charge is 0.339 e. The largest absolute Gasteiger partial charge is 0.478 e. The number of hydrogen-bond donors (Lipinski definition) is 1. The molecule has 1 aromatic heterocycles. The molecule has 1 saturated heterocycles. The third-order valence-electron chi connectivity index (χ3n) is 5.39. The van der Waals surface area contributed by atoms with Crippen molar-refractivity contribution >= 4 is 39.4 Å². The van der Waals surface area contributed by atoms with Gasteiger partial charge in [-0.25, -0.2) is 14.8 Å². The van der Waals surface area contributed by atoms with Gasteiger partial charge in [-0.15, -0.1) is 0 Å². The number of carboxylic acid groups (broad SMARTS) is 1. The van der Waals surface area contributed by atoms with Crippen LogP contribution in [0.3, 0.4) is 0 Å². The highest BCUT2D eigenvalue weighted by Gasteiger charge is 2.29. The van der Waals surface area contributed by atoms with E-state index in [0.717, 1.165) is 29.4 Å². The number of anilines is 1. The number of halogens is 2. The number of carboxylic acids is 1. The molecule has 0 bridgehead atoms. The van der Waals surface area contributed by atoms with Gasteiger partial charge in [0.2, 0.25) is 5.95 Å². The summed E-state index contributed by atoms with van der Waals surface area (Å²) in [5.74, 6) is -0.414. The van der Waals surface area contributed by atoms with E-state index in [-0.39, 0.29) is 11.6 Å². The van der Waals surface area contributed by atoms with Gasteiger partial charge in [0, 0.05) is 22.2 Å². The summed E-state index contributed by atoms with van der Waals surface area (Å²) in [6.45, 7) is 0.838. The Labute approximate surface area is 188 Å². The summed E-state index contributed by atoms with van der Waals surface area (Å²) < 4.78 is 1.00. The Kier molecular flexibility index (Phi) is 6.35. The molecule has 0 saturated carbocycles. The fraction of sp³-hybridized carbons (Fsp3) is 0.261. The zero-order valence-electron chi connectivity index (χ0n) is 16.3. The lowest BCUT2D eigenvalue weighted by atomic mass is 10.0. The molecule has 1 aliphatic heterocycles. The first-order chi connectivity index (χ1) is 14.5. The van der Waals surface area contributed by atoms with Crippen LogP contribution in [0.15, 0.2) is 59.2 Å². The number of aryl methyl sites for hydroxylation is 2. The second kappa shape index (κ2) is 9.14. The molecule has 0 radical (unpaired) electrons. The molecule has 0 unspecified atom stereocenters. The quantitative estimate of drug-likeness (QED) is 0.483. The van der Waals surface area contributed by atoms with E-state index in [4.69, 9.17) is 16.6 Å². The number of nitrogens with zero attached hydrogens (tertiary/aromatic N) is 3. The maximum absolute atomic E-state index is 11.7. The summed E-state index contributed by atoms with van der Waals surface area (Å²) in [6, 6.07) is 16.0. The maximum Gasteiger partial charge on any atom is 0.339 e. The van der Waals surface area contributed by atoms with Crippen molar-refractivity contribution in [1.82, 2.24) is 9.97 Å². The van der Waals surface area contributed by atoms with Crippen molar-refractivity contribution in [3.8, 4) is 0 Å². The Hall–Kier alpha value is -2.44.